The Labute approximate surface area is 140 Å². The zero-order valence-corrected chi connectivity index (χ0v) is 13.6. The highest BCUT2D eigenvalue weighted by molar-refractivity contribution is 7.92. The second-order valence-corrected chi connectivity index (χ2v) is 8.41. The van der Waals surface area contributed by atoms with Gasteiger partial charge >= 0.3 is 0 Å². The van der Waals surface area contributed by atoms with Crippen LogP contribution in [0.2, 0.25) is 5.02 Å². The van der Waals surface area contributed by atoms with Gasteiger partial charge in [0.2, 0.25) is 9.84 Å². The van der Waals surface area contributed by atoms with E-state index in [0.29, 0.717) is 0 Å². The maximum absolute atomic E-state index is 14.2. The zero-order chi connectivity index (χ0) is 17.2. The molecule has 0 radical (unpaired) electrons. The van der Waals surface area contributed by atoms with Gasteiger partial charge in [-0.3, -0.25) is 0 Å². The number of fused-ring (bicyclic) bond motifs is 1. The number of hydrogen-bond acceptors (Lipinski definition) is 4. The molecule has 0 N–H and O–H groups in total. The molecule has 0 bridgehead atoms. The lowest BCUT2D eigenvalue weighted by Gasteiger charge is -2.13. The van der Waals surface area contributed by atoms with E-state index < -0.39 is 44.4 Å². The molecule has 0 amide bonds. The minimum absolute atomic E-state index is 0.104. The lowest BCUT2D eigenvalue weighted by molar-refractivity contribution is 0.325. The number of alkyl halides is 2. The van der Waals surface area contributed by atoms with E-state index in [2.05, 4.69) is 10.1 Å². The molecule has 2 heterocycles. The fourth-order valence-electron chi connectivity index (χ4n) is 2.91. The van der Waals surface area contributed by atoms with Crippen molar-refractivity contribution in [1.29, 1.82) is 0 Å². The minimum Gasteiger partial charge on any atom is -0.246 e. The van der Waals surface area contributed by atoms with E-state index in [0.717, 1.165) is 10.7 Å². The van der Waals surface area contributed by atoms with Crippen LogP contribution in [0.1, 0.15) is 36.4 Å². The molecule has 0 spiro atoms. The van der Waals surface area contributed by atoms with Crippen molar-refractivity contribution in [2.45, 2.75) is 41.6 Å². The lowest BCUT2D eigenvalue weighted by atomic mass is 10.0. The second-order valence-electron chi connectivity index (χ2n) is 5.92. The highest BCUT2D eigenvalue weighted by Crippen LogP contribution is 2.42. The van der Waals surface area contributed by atoms with E-state index in [-0.39, 0.29) is 29.3 Å². The Balaban J connectivity index is 1.78. The highest BCUT2D eigenvalue weighted by atomic mass is 35.5. The molecule has 1 aromatic carbocycles. The second kappa shape index (κ2) is 5.19. The van der Waals surface area contributed by atoms with Crippen molar-refractivity contribution < 1.29 is 21.6 Å². The fourth-order valence-corrected chi connectivity index (χ4v) is 4.61. The normalized spacial score (nSPS) is 28.8. The molecule has 24 heavy (non-hydrogen) atoms. The summed E-state index contributed by atoms with van der Waals surface area (Å²) in [5.41, 5.74) is 0.104. The van der Waals surface area contributed by atoms with Crippen LogP contribution >= 0.6 is 11.6 Å². The Bertz CT molecular complexity index is 933. The Morgan fingerprint density at radius 2 is 1.96 bits per heavy atom. The van der Waals surface area contributed by atoms with Gasteiger partial charge in [0.05, 0.1) is 6.04 Å². The average molecular weight is 378 g/mol. The molecular weight excluding hydrogens is 367 g/mol. The Kier molecular flexibility index (Phi) is 3.44. The first-order valence-corrected chi connectivity index (χ1v) is 9.15. The predicted molar refractivity (Wildman–Crippen MR) is 78.5 cm³/mol. The number of sulfone groups is 1. The Morgan fingerprint density at radius 3 is 2.62 bits per heavy atom. The standard InChI is InChI=1S/C14H11ClF3N3O2S/c15-6-1-2-8(16)7(3-6)11-4-10(18)13-19-14(20-21(11)13)24(22,23)12-5-9(12)17/h1-3,9-12H,4-5H2/t9-,10-,11-,12-/m0/s1. The third-order valence-corrected chi connectivity index (χ3v) is 6.47. The molecule has 1 aliphatic heterocycles. The molecule has 10 heteroatoms. The van der Waals surface area contributed by atoms with Crippen molar-refractivity contribution in [2.75, 3.05) is 0 Å². The summed E-state index contributed by atoms with van der Waals surface area (Å²) in [6.45, 7) is 0. The molecule has 4 atom stereocenters. The first-order valence-electron chi connectivity index (χ1n) is 7.22. The summed E-state index contributed by atoms with van der Waals surface area (Å²) in [6.07, 6.45) is -3.28. The molecule has 1 saturated carbocycles. The van der Waals surface area contributed by atoms with Crippen LogP contribution in [-0.4, -0.2) is 34.6 Å². The van der Waals surface area contributed by atoms with Crippen molar-refractivity contribution >= 4 is 21.4 Å². The van der Waals surface area contributed by atoms with E-state index in [1.54, 1.807) is 0 Å². The van der Waals surface area contributed by atoms with Crippen molar-refractivity contribution in [3.05, 3.63) is 40.4 Å². The summed E-state index contributed by atoms with van der Waals surface area (Å²) < 4.78 is 66.8. The maximum Gasteiger partial charge on any atom is 0.267 e. The summed E-state index contributed by atoms with van der Waals surface area (Å²) in [4.78, 5) is 3.73. The summed E-state index contributed by atoms with van der Waals surface area (Å²) in [5, 5.41) is 2.31. The third-order valence-electron chi connectivity index (χ3n) is 4.27. The van der Waals surface area contributed by atoms with Crippen LogP contribution in [0.25, 0.3) is 0 Å². The van der Waals surface area contributed by atoms with Gasteiger partial charge in [0.1, 0.15) is 17.2 Å². The molecule has 2 aliphatic rings. The maximum atomic E-state index is 14.2. The van der Waals surface area contributed by atoms with Gasteiger partial charge in [0.25, 0.3) is 5.16 Å². The first kappa shape index (κ1) is 15.9. The van der Waals surface area contributed by atoms with Gasteiger partial charge < -0.3 is 0 Å². The summed E-state index contributed by atoms with van der Waals surface area (Å²) >= 11 is 5.86. The molecule has 5 nitrogen and oxygen atoms in total. The SMILES string of the molecule is O=S(=O)(c1nc2n(n1)[C@H](c1cc(Cl)ccc1F)C[C@@H]2F)[C@H]1C[C@@H]1F. The molecular formula is C14H11ClF3N3O2S. The van der Waals surface area contributed by atoms with Gasteiger partial charge in [-0.25, -0.2) is 26.3 Å². The van der Waals surface area contributed by atoms with Crippen LogP contribution in [0.4, 0.5) is 13.2 Å². The number of benzene rings is 1. The van der Waals surface area contributed by atoms with Crippen LogP contribution in [-0.2, 0) is 9.84 Å². The van der Waals surface area contributed by atoms with Crippen LogP contribution in [0.15, 0.2) is 23.4 Å². The number of halogens is 4. The topological polar surface area (TPSA) is 64.8 Å². The lowest BCUT2D eigenvalue weighted by Crippen LogP contribution is -2.14. The minimum atomic E-state index is -4.04. The van der Waals surface area contributed by atoms with Gasteiger partial charge in [-0.1, -0.05) is 11.6 Å². The van der Waals surface area contributed by atoms with Gasteiger partial charge in [0, 0.05) is 17.0 Å². The molecule has 128 valence electrons. The number of nitrogens with zero attached hydrogens (tertiary/aromatic N) is 3. The molecule has 1 aromatic heterocycles. The van der Waals surface area contributed by atoms with Crippen LogP contribution in [0, 0.1) is 5.82 Å². The zero-order valence-electron chi connectivity index (χ0n) is 12.0. The molecule has 1 fully saturated rings. The number of hydrogen-bond donors (Lipinski definition) is 0. The van der Waals surface area contributed by atoms with Gasteiger partial charge in [-0.15, -0.1) is 5.10 Å². The van der Waals surface area contributed by atoms with E-state index in [1.165, 1.54) is 12.1 Å². The van der Waals surface area contributed by atoms with Gasteiger partial charge in [-0.2, -0.15) is 4.98 Å². The van der Waals surface area contributed by atoms with E-state index in [4.69, 9.17) is 11.6 Å². The van der Waals surface area contributed by atoms with Gasteiger partial charge in [0.15, 0.2) is 12.0 Å². The molecule has 2 aromatic rings. The first-order chi connectivity index (χ1) is 11.3. The third kappa shape index (κ3) is 2.33. The quantitative estimate of drug-likeness (QED) is 0.825. The number of rotatable bonds is 3. The predicted octanol–water partition coefficient (Wildman–Crippen LogP) is 2.96. The summed E-state index contributed by atoms with van der Waals surface area (Å²) in [6, 6.07) is 2.99. The number of aromatic nitrogens is 3. The molecule has 0 unspecified atom stereocenters. The molecule has 0 saturated heterocycles. The van der Waals surface area contributed by atoms with Crippen molar-refractivity contribution in [3.63, 3.8) is 0 Å². The van der Waals surface area contributed by atoms with Crippen molar-refractivity contribution in [2.24, 2.45) is 0 Å². The van der Waals surface area contributed by atoms with Crippen LogP contribution in [0.5, 0.6) is 0 Å². The molecule has 1 aliphatic carbocycles. The molecule has 4 rings (SSSR count). The summed E-state index contributed by atoms with van der Waals surface area (Å²) in [7, 11) is -4.04. The fraction of sp³-hybridized carbons (Fsp3) is 0.429. The summed E-state index contributed by atoms with van der Waals surface area (Å²) in [5.74, 6) is -0.801. The van der Waals surface area contributed by atoms with Gasteiger partial charge in [-0.05, 0) is 24.6 Å². The van der Waals surface area contributed by atoms with Crippen LogP contribution < -0.4 is 0 Å². The Hall–Kier alpha value is -1.61. The smallest absolute Gasteiger partial charge is 0.246 e. The monoisotopic (exact) mass is 377 g/mol. The van der Waals surface area contributed by atoms with E-state index in [1.807, 2.05) is 0 Å². The van der Waals surface area contributed by atoms with Crippen LogP contribution in [0.3, 0.4) is 0 Å². The largest absolute Gasteiger partial charge is 0.267 e. The average Bonchev–Trinajstić information content (AvgIpc) is 2.98. The van der Waals surface area contributed by atoms with E-state index >= 15 is 0 Å². The van der Waals surface area contributed by atoms with E-state index in [9.17, 15) is 21.6 Å². The Morgan fingerprint density at radius 1 is 1.25 bits per heavy atom. The van der Waals surface area contributed by atoms with Crippen molar-refractivity contribution in [1.82, 2.24) is 14.8 Å². The highest BCUT2D eigenvalue weighted by Gasteiger charge is 2.51. The van der Waals surface area contributed by atoms with Crippen molar-refractivity contribution in [3.8, 4) is 0 Å².